The predicted octanol–water partition coefficient (Wildman–Crippen LogP) is 5.21. The first-order chi connectivity index (χ1) is 11.8. The molecule has 0 N–H and O–H groups in total. The van der Waals surface area contributed by atoms with Gasteiger partial charge >= 0.3 is 6.09 Å². The van der Waals surface area contributed by atoms with E-state index in [1.165, 1.54) is 15.6 Å². The van der Waals surface area contributed by atoms with Crippen molar-refractivity contribution in [1.82, 2.24) is 4.90 Å². The lowest BCUT2D eigenvalue weighted by Gasteiger charge is -2.39. The van der Waals surface area contributed by atoms with E-state index < -0.39 is 5.60 Å². The van der Waals surface area contributed by atoms with Gasteiger partial charge in [-0.1, -0.05) is 18.2 Å². The molecule has 25 heavy (non-hydrogen) atoms. The number of nitrogens with zero attached hydrogens (tertiary/aromatic N) is 1. The summed E-state index contributed by atoms with van der Waals surface area (Å²) in [6, 6.07) is 8.43. The van der Waals surface area contributed by atoms with Crippen LogP contribution in [0.5, 0.6) is 0 Å². The summed E-state index contributed by atoms with van der Waals surface area (Å²) in [4.78, 5) is 14.0. The third-order valence-corrected chi connectivity index (χ3v) is 5.62. The predicted molar refractivity (Wildman–Crippen MR) is 102 cm³/mol. The number of amides is 1. The van der Waals surface area contributed by atoms with Crippen LogP contribution in [-0.4, -0.2) is 35.3 Å². The van der Waals surface area contributed by atoms with Gasteiger partial charge in [-0.25, -0.2) is 4.79 Å². The molecule has 0 saturated carbocycles. The smallest absolute Gasteiger partial charge is 0.410 e. The third kappa shape index (κ3) is 4.53. The summed E-state index contributed by atoms with van der Waals surface area (Å²) in [5.41, 5.74) is 0.604. The Morgan fingerprint density at radius 2 is 1.92 bits per heavy atom. The zero-order chi connectivity index (χ0) is 18.1. The first-order valence-electron chi connectivity index (χ1n) is 8.83. The van der Waals surface area contributed by atoms with Crippen molar-refractivity contribution in [2.45, 2.75) is 58.3 Å². The SMILES string of the molecule is CC(C)(C)OC(=O)N1CCC(C)(OCc2csc3ccccc23)CC1. The lowest BCUT2D eigenvalue weighted by Crippen LogP contribution is -2.47. The standard InChI is InChI=1S/C20H27NO3S/c1-19(2,3)24-18(22)21-11-9-20(4,10-12-21)23-13-15-14-25-17-8-6-5-7-16(15)17/h5-8,14H,9-13H2,1-4H3. The molecule has 1 fully saturated rings. The zero-order valence-electron chi connectivity index (χ0n) is 15.5. The Kier molecular flexibility index (Phi) is 5.07. The lowest BCUT2D eigenvalue weighted by atomic mass is 9.93. The van der Waals surface area contributed by atoms with Crippen molar-refractivity contribution in [3.8, 4) is 0 Å². The van der Waals surface area contributed by atoms with E-state index in [9.17, 15) is 4.79 Å². The molecule has 0 atom stereocenters. The van der Waals surface area contributed by atoms with Gasteiger partial charge in [0, 0.05) is 17.8 Å². The highest BCUT2D eigenvalue weighted by molar-refractivity contribution is 7.17. The molecule has 3 rings (SSSR count). The number of carbonyl (C=O) groups excluding carboxylic acids is 1. The maximum Gasteiger partial charge on any atom is 0.410 e. The van der Waals surface area contributed by atoms with Crippen LogP contribution in [0.1, 0.15) is 46.1 Å². The van der Waals surface area contributed by atoms with Crippen molar-refractivity contribution in [2.75, 3.05) is 13.1 Å². The minimum absolute atomic E-state index is 0.193. The Morgan fingerprint density at radius 1 is 1.24 bits per heavy atom. The van der Waals surface area contributed by atoms with Crippen LogP contribution in [0, 0.1) is 0 Å². The van der Waals surface area contributed by atoms with E-state index in [1.807, 2.05) is 20.8 Å². The fourth-order valence-electron chi connectivity index (χ4n) is 3.03. The summed E-state index contributed by atoms with van der Waals surface area (Å²) in [6.45, 7) is 9.81. The molecule has 0 unspecified atom stereocenters. The van der Waals surface area contributed by atoms with Crippen LogP contribution in [0.2, 0.25) is 0 Å². The van der Waals surface area contributed by atoms with Gasteiger partial charge in [0.1, 0.15) is 5.60 Å². The first kappa shape index (κ1) is 18.2. The molecule has 2 heterocycles. The van der Waals surface area contributed by atoms with Crippen molar-refractivity contribution in [1.29, 1.82) is 0 Å². The van der Waals surface area contributed by atoms with Crippen molar-refractivity contribution < 1.29 is 14.3 Å². The molecule has 1 aliphatic rings. The van der Waals surface area contributed by atoms with Crippen molar-refractivity contribution >= 4 is 27.5 Å². The number of ether oxygens (including phenoxy) is 2. The van der Waals surface area contributed by atoms with Gasteiger partial charge in [-0.3, -0.25) is 0 Å². The molecule has 1 aromatic carbocycles. The number of carbonyl (C=O) groups is 1. The van der Waals surface area contributed by atoms with Gasteiger partial charge in [0.25, 0.3) is 0 Å². The van der Waals surface area contributed by atoms with E-state index in [-0.39, 0.29) is 11.7 Å². The fourth-order valence-corrected chi connectivity index (χ4v) is 3.98. The molecule has 136 valence electrons. The second-order valence-corrected chi connectivity index (χ2v) is 8.87. The Bertz CT molecular complexity index is 739. The van der Waals surface area contributed by atoms with Crippen LogP contribution in [0.3, 0.4) is 0 Å². The second kappa shape index (κ2) is 6.96. The Balaban J connectivity index is 1.55. The average molecular weight is 362 g/mol. The van der Waals surface area contributed by atoms with Gasteiger partial charge in [0.2, 0.25) is 0 Å². The number of hydrogen-bond donors (Lipinski definition) is 0. The molecule has 5 heteroatoms. The number of fused-ring (bicyclic) bond motifs is 1. The Morgan fingerprint density at radius 3 is 2.60 bits per heavy atom. The number of piperidine rings is 1. The molecule has 0 spiro atoms. The highest BCUT2D eigenvalue weighted by Crippen LogP contribution is 2.31. The molecule has 1 aromatic heterocycles. The van der Waals surface area contributed by atoms with E-state index in [1.54, 1.807) is 16.2 Å². The molecule has 1 saturated heterocycles. The molecule has 0 bridgehead atoms. The number of benzene rings is 1. The summed E-state index contributed by atoms with van der Waals surface area (Å²) in [6.07, 6.45) is 1.43. The minimum atomic E-state index is -0.450. The normalized spacial score (nSPS) is 17.7. The van der Waals surface area contributed by atoms with E-state index >= 15 is 0 Å². The van der Waals surface area contributed by atoms with Crippen LogP contribution in [-0.2, 0) is 16.1 Å². The van der Waals surface area contributed by atoms with Crippen LogP contribution < -0.4 is 0 Å². The van der Waals surface area contributed by atoms with E-state index in [2.05, 4.69) is 36.6 Å². The largest absolute Gasteiger partial charge is 0.444 e. The van der Waals surface area contributed by atoms with Crippen LogP contribution >= 0.6 is 11.3 Å². The van der Waals surface area contributed by atoms with Crippen LogP contribution in [0.15, 0.2) is 29.6 Å². The summed E-state index contributed by atoms with van der Waals surface area (Å²) < 4.78 is 13.0. The Labute approximate surface area is 153 Å². The van der Waals surface area contributed by atoms with Crippen LogP contribution in [0.4, 0.5) is 4.79 Å². The van der Waals surface area contributed by atoms with Crippen molar-refractivity contribution in [3.63, 3.8) is 0 Å². The van der Waals surface area contributed by atoms with Gasteiger partial charge in [-0.2, -0.15) is 0 Å². The Hall–Kier alpha value is -1.59. The molecular weight excluding hydrogens is 334 g/mol. The maximum atomic E-state index is 12.2. The molecule has 0 radical (unpaired) electrons. The molecule has 4 nitrogen and oxygen atoms in total. The molecular formula is C20H27NO3S. The van der Waals surface area contributed by atoms with E-state index in [0.29, 0.717) is 19.7 Å². The molecule has 1 amide bonds. The molecule has 1 aliphatic heterocycles. The maximum absolute atomic E-state index is 12.2. The van der Waals surface area contributed by atoms with Crippen LogP contribution in [0.25, 0.3) is 10.1 Å². The van der Waals surface area contributed by atoms with Crippen molar-refractivity contribution in [2.24, 2.45) is 0 Å². The van der Waals surface area contributed by atoms with E-state index in [4.69, 9.17) is 9.47 Å². The third-order valence-electron chi connectivity index (χ3n) is 4.61. The number of likely N-dealkylation sites (tertiary alicyclic amines) is 1. The molecule has 0 aliphatic carbocycles. The number of hydrogen-bond acceptors (Lipinski definition) is 4. The van der Waals surface area contributed by atoms with Gasteiger partial charge in [0.05, 0.1) is 12.2 Å². The fraction of sp³-hybridized carbons (Fsp3) is 0.550. The monoisotopic (exact) mass is 361 g/mol. The van der Waals surface area contributed by atoms with Gasteiger partial charge in [-0.15, -0.1) is 11.3 Å². The lowest BCUT2D eigenvalue weighted by molar-refractivity contribution is -0.0807. The van der Waals surface area contributed by atoms with Gasteiger partial charge < -0.3 is 14.4 Å². The minimum Gasteiger partial charge on any atom is -0.444 e. The zero-order valence-corrected chi connectivity index (χ0v) is 16.3. The second-order valence-electron chi connectivity index (χ2n) is 7.96. The van der Waals surface area contributed by atoms with Crippen molar-refractivity contribution in [3.05, 3.63) is 35.2 Å². The highest BCUT2D eigenvalue weighted by atomic mass is 32.1. The quantitative estimate of drug-likeness (QED) is 0.753. The summed E-state index contributed by atoms with van der Waals surface area (Å²) in [5, 5.41) is 3.46. The summed E-state index contributed by atoms with van der Waals surface area (Å²) in [5.74, 6) is 0. The van der Waals surface area contributed by atoms with Gasteiger partial charge in [0.15, 0.2) is 0 Å². The average Bonchev–Trinajstić information content (AvgIpc) is 2.95. The summed E-state index contributed by atoms with van der Waals surface area (Å²) in [7, 11) is 0. The number of thiophene rings is 1. The summed E-state index contributed by atoms with van der Waals surface area (Å²) >= 11 is 1.76. The first-order valence-corrected chi connectivity index (χ1v) is 9.71. The molecule has 2 aromatic rings. The number of rotatable bonds is 3. The van der Waals surface area contributed by atoms with Gasteiger partial charge in [-0.05, 0) is 62.9 Å². The highest BCUT2D eigenvalue weighted by Gasteiger charge is 2.34. The van der Waals surface area contributed by atoms with E-state index in [0.717, 1.165) is 12.8 Å². The topological polar surface area (TPSA) is 38.8 Å².